The first-order valence-electron chi connectivity index (χ1n) is 34.2. The van der Waals surface area contributed by atoms with Gasteiger partial charge in [-0.3, -0.25) is 28.7 Å². The number of hydrogen-bond acceptors (Lipinski definition) is 19. The number of unbranched alkanes of at least 4 members (excludes halogenated alkanes) is 1. The molecule has 7 amide bonds. The molecule has 1 N–H and O–H groups in total. The van der Waals surface area contributed by atoms with Gasteiger partial charge in [0, 0.05) is 139 Å². The number of aryl methyl sites for hydroxylation is 1. The normalized spacial score (nSPS) is 19.3. The van der Waals surface area contributed by atoms with Crippen molar-refractivity contribution in [3.05, 3.63) is 78.4 Å². The molecule has 2 aromatic rings. The Bertz CT molecular complexity index is 3190. The molecule has 30 heteroatoms. The Morgan fingerprint density at radius 2 is 0.857 bits per heavy atom. The van der Waals surface area contributed by atoms with Crippen LogP contribution in [0, 0.1) is 6.92 Å². The lowest BCUT2D eigenvalue weighted by atomic mass is 10.1. The van der Waals surface area contributed by atoms with Crippen LogP contribution in [0.15, 0.2) is 45.2 Å². The fourth-order valence-electron chi connectivity index (χ4n) is 10.9. The minimum Gasteiger partial charge on any atom is -0.463 e. The zero-order valence-electron chi connectivity index (χ0n) is 60.8. The number of aromatic nitrogens is 2. The summed E-state index contributed by atoms with van der Waals surface area (Å²) in [5.41, 5.74) is 4.78. The van der Waals surface area contributed by atoms with Gasteiger partial charge in [-0.15, -0.1) is 0 Å². The highest BCUT2D eigenvalue weighted by molar-refractivity contribution is 5.98. The van der Waals surface area contributed by atoms with Gasteiger partial charge >= 0.3 is 42.1 Å². The quantitative estimate of drug-likeness (QED) is 0.0547. The first-order valence-corrected chi connectivity index (χ1v) is 34.2. The molecule has 98 heavy (non-hydrogen) atoms. The summed E-state index contributed by atoms with van der Waals surface area (Å²) >= 11 is 0. The van der Waals surface area contributed by atoms with Gasteiger partial charge in [-0.05, 0) is 192 Å². The van der Waals surface area contributed by atoms with Crippen LogP contribution in [0.4, 0.5) is 24.0 Å². The van der Waals surface area contributed by atoms with Gasteiger partial charge in [0.1, 0.15) is 46.9 Å². The second-order valence-electron chi connectivity index (χ2n) is 30.0. The van der Waals surface area contributed by atoms with Crippen molar-refractivity contribution in [1.29, 1.82) is 0 Å². The molecule has 3 atom stereocenters. The summed E-state index contributed by atoms with van der Waals surface area (Å²) in [5, 5.41) is 3.81. The van der Waals surface area contributed by atoms with E-state index in [2.05, 4.69) is 19.9 Å². The third kappa shape index (κ3) is 28.0. The van der Waals surface area contributed by atoms with Crippen LogP contribution in [0.5, 0.6) is 0 Å². The maximum Gasteiger partial charge on any atom is 0.410 e. The van der Waals surface area contributed by atoms with Gasteiger partial charge < -0.3 is 72.4 Å². The summed E-state index contributed by atoms with van der Waals surface area (Å²) < 4.78 is 41.9. The fourth-order valence-corrected chi connectivity index (χ4v) is 10.9. The van der Waals surface area contributed by atoms with Crippen molar-refractivity contribution in [3.63, 3.8) is 0 Å². The Kier molecular flexibility index (Phi) is 29.7. The molecule has 0 aliphatic carbocycles. The number of amides is 7. The van der Waals surface area contributed by atoms with E-state index in [-0.39, 0.29) is 140 Å². The Hall–Kier alpha value is -8.11. The number of nitrogens with zero attached hydrogens (tertiary/aromatic N) is 12. The molecule has 0 spiro atoms. The molecule has 0 radical (unpaired) electrons. The lowest BCUT2D eigenvalue weighted by Gasteiger charge is -2.34. The SMILES string of the molecule is Cc1cn([C@H]2C[C@H](N=[N+]=[N-])[C@@H](COC(=O)CCCCN3CCCN(C(=O)c4ccc(C(=O)N5CCCN(C(=O)OC(C)(C)C)CCN(C(=O)OC(C)(C)C)CCCN(C(=O)OC(C)(C)C)CC5)cc4)CCN(C(=O)OC(C)(C)C)CCCN(C(=O)OC(C)(C)C)CC3)O2)c(=O)[nH]c1=O. The second-order valence-corrected chi connectivity index (χ2v) is 30.0. The van der Waals surface area contributed by atoms with Crippen molar-refractivity contribution in [2.24, 2.45) is 5.11 Å². The van der Waals surface area contributed by atoms with Gasteiger partial charge in [-0.1, -0.05) is 5.11 Å². The van der Waals surface area contributed by atoms with E-state index < -0.39 is 94.1 Å². The number of aromatic amines is 1. The Morgan fingerprint density at radius 3 is 1.22 bits per heavy atom. The highest BCUT2D eigenvalue weighted by Gasteiger charge is 2.38. The summed E-state index contributed by atoms with van der Waals surface area (Å²) in [6.45, 7) is 31.2. The van der Waals surface area contributed by atoms with Gasteiger partial charge in [0.2, 0.25) is 0 Å². The number of ether oxygens (including phenoxy) is 7. The Morgan fingerprint density at radius 1 is 0.510 bits per heavy atom. The van der Waals surface area contributed by atoms with E-state index in [1.54, 1.807) is 143 Å². The molecule has 1 aromatic carbocycles. The summed E-state index contributed by atoms with van der Waals surface area (Å²) in [6.07, 6.45) is -0.712. The van der Waals surface area contributed by atoms with Crippen LogP contribution in [0.2, 0.25) is 0 Å². The van der Waals surface area contributed by atoms with Gasteiger partial charge in [0.15, 0.2) is 0 Å². The van der Waals surface area contributed by atoms with Gasteiger partial charge in [0.05, 0.1) is 6.04 Å². The molecule has 4 heterocycles. The van der Waals surface area contributed by atoms with Crippen molar-refractivity contribution >= 4 is 48.2 Å². The molecule has 5 rings (SSSR count). The monoisotopic (exact) mass is 1380 g/mol. The van der Waals surface area contributed by atoms with Crippen molar-refractivity contribution in [3.8, 4) is 0 Å². The van der Waals surface area contributed by atoms with Gasteiger partial charge in [-0.25, -0.2) is 28.8 Å². The molecule has 548 valence electrons. The molecule has 1 aromatic heterocycles. The van der Waals surface area contributed by atoms with E-state index >= 15 is 0 Å². The third-order valence-corrected chi connectivity index (χ3v) is 15.7. The number of esters is 1. The highest BCUT2D eigenvalue weighted by atomic mass is 16.6. The molecular weight excluding hydrogens is 1270 g/mol. The maximum absolute atomic E-state index is 14.9. The van der Waals surface area contributed by atoms with Crippen LogP contribution in [-0.4, -0.2) is 255 Å². The molecule has 0 unspecified atom stereocenters. The number of benzene rings is 1. The van der Waals surface area contributed by atoms with Crippen LogP contribution >= 0.6 is 0 Å². The second kappa shape index (κ2) is 36.1. The number of azide groups is 1. The number of H-pyrrole nitrogens is 1. The van der Waals surface area contributed by atoms with E-state index in [4.69, 9.17) is 33.2 Å². The Labute approximate surface area is 576 Å². The number of nitrogens with one attached hydrogen (secondary N) is 1. The predicted octanol–water partition coefficient (Wildman–Crippen LogP) is 9.18. The molecule has 3 aliphatic heterocycles. The van der Waals surface area contributed by atoms with Crippen LogP contribution in [0.3, 0.4) is 0 Å². The van der Waals surface area contributed by atoms with Crippen molar-refractivity contribution in [1.82, 2.24) is 48.8 Å². The molecule has 0 saturated carbocycles. The molecule has 3 saturated heterocycles. The fraction of sp³-hybridized carbons (Fsp3) is 0.735. The van der Waals surface area contributed by atoms with Crippen LogP contribution in [0.25, 0.3) is 10.4 Å². The molecule has 3 fully saturated rings. The molecular formula is C68H109N13O17. The topological polar surface area (TPSA) is 331 Å². The molecule has 3 aliphatic rings. The average Bonchev–Trinajstić information content (AvgIpc) is 1.60. The van der Waals surface area contributed by atoms with Crippen molar-refractivity contribution < 1.29 is 71.5 Å². The highest BCUT2D eigenvalue weighted by Crippen LogP contribution is 2.31. The number of rotatable bonds is 11. The van der Waals surface area contributed by atoms with E-state index in [0.717, 1.165) is 0 Å². The molecule has 0 bridgehead atoms. The van der Waals surface area contributed by atoms with E-state index in [9.17, 15) is 53.5 Å². The van der Waals surface area contributed by atoms with Crippen LogP contribution in [0.1, 0.15) is 188 Å². The van der Waals surface area contributed by atoms with Gasteiger partial charge in [-0.2, -0.15) is 0 Å². The van der Waals surface area contributed by atoms with Crippen molar-refractivity contribution in [2.45, 2.75) is 209 Å². The zero-order chi connectivity index (χ0) is 72.9. The largest absolute Gasteiger partial charge is 0.463 e. The van der Waals surface area contributed by atoms with Crippen LogP contribution in [-0.2, 0) is 38.0 Å². The number of carbonyl (C=O) groups excluding carboxylic acids is 8. The van der Waals surface area contributed by atoms with Gasteiger partial charge in [0.25, 0.3) is 17.4 Å². The smallest absolute Gasteiger partial charge is 0.410 e. The minimum atomic E-state index is -0.876. The average molecular weight is 1380 g/mol. The number of hydrogen-bond donors (Lipinski definition) is 1. The van der Waals surface area contributed by atoms with Crippen LogP contribution < -0.4 is 11.2 Å². The van der Waals surface area contributed by atoms with Crippen molar-refractivity contribution in [2.75, 3.05) is 118 Å². The van der Waals surface area contributed by atoms with E-state index in [1.165, 1.54) is 37.3 Å². The zero-order valence-corrected chi connectivity index (χ0v) is 60.8. The first-order chi connectivity index (χ1) is 45.7. The third-order valence-electron chi connectivity index (χ3n) is 15.7. The summed E-state index contributed by atoms with van der Waals surface area (Å²) in [4.78, 5) is 155. The Balaban J connectivity index is 1.36. The summed E-state index contributed by atoms with van der Waals surface area (Å²) in [6, 6.07) is 5.56. The minimum absolute atomic E-state index is 0.0396. The lowest BCUT2D eigenvalue weighted by molar-refractivity contribution is -0.148. The first kappa shape index (κ1) is 80.6. The number of carbonyl (C=O) groups is 8. The summed E-state index contributed by atoms with van der Waals surface area (Å²) in [7, 11) is 0. The standard InChI is InChI=1S/C68H109N13O17/c1-48-46-81(58(86)70-55(48)83)53-45-51(71-72-69)52(93-53)47-92-54(82)23-17-18-28-73-29-19-30-74(39-41-77(60(88)95-65(5,6)7)34-21-33-76(38-37-73)59(87)94-64(2,3)4)56(84)49-24-26-50(27-25-49)57(85)75-31-20-32-79(62(90)97-67(11,12)13)43-44-80(63(91)98-68(14,15)16)36-22-35-78(42-40-75)61(89)96-66(8,9)10/h24-27,46,51-53H,17-23,28-45,47H2,1-16H3,(H,70,83,86)/t51-,52+,53+/m0/s1. The summed E-state index contributed by atoms with van der Waals surface area (Å²) in [5.74, 6) is -1.26. The maximum atomic E-state index is 14.9. The lowest BCUT2D eigenvalue weighted by Crippen LogP contribution is -2.48. The predicted molar refractivity (Wildman–Crippen MR) is 365 cm³/mol. The molecule has 30 nitrogen and oxygen atoms in total. The van der Waals surface area contributed by atoms with E-state index in [0.29, 0.717) is 58.2 Å². The van der Waals surface area contributed by atoms with E-state index in [1.807, 2.05) is 0 Å².